The number of ether oxygens (including phenoxy) is 3. The van der Waals surface area contributed by atoms with Crippen molar-refractivity contribution in [2.75, 3.05) is 0 Å². The summed E-state index contributed by atoms with van der Waals surface area (Å²) >= 11 is 0. The Labute approximate surface area is 190 Å². The molecule has 33 heavy (non-hydrogen) atoms. The lowest BCUT2D eigenvalue weighted by Gasteiger charge is -2.20. The van der Waals surface area contributed by atoms with Gasteiger partial charge in [-0.2, -0.15) is 5.21 Å². The van der Waals surface area contributed by atoms with Crippen molar-refractivity contribution in [2.24, 2.45) is 0 Å². The number of H-pyrrole nitrogens is 1. The minimum Gasteiger partial charge on any atom is -0.485 e. The Morgan fingerprint density at radius 2 is 1.64 bits per heavy atom. The highest BCUT2D eigenvalue weighted by molar-refractivity contribution is 5.78. The van der Waals surface area contributed by atoms with Crippen LogP contribution in [0, 0.1) is 0 Å². The van der Waals surface area contributed by atoms with Crippen molar-refractivity contribution in [2.45, 2.75) is 19.5 Å². The van der Waals surface area contributed by atoms with Crippen molar-refractivity contribution in [3.63, 3.8) is 0 Å². The fourth-order valence-electron chi connectivity index (χ4n) is 3.31. The number of hydrogen-bond donors (Lipinski definition) is 1. The van der Waals surface area contributed by atoms with Gasteiger partial charge in [-0.05, 0) is 36.4 Å². The van der Waals surface area contributed by atoms with Crippen LogP contribution < -0.4 is 9.47 Å². The normalized spacial score (nSPS) is 11.9. The zero-order valence-corrected chi connectivity index (χ0v) is 17.7. The number of hydrogen-bond acceptors (Lipinski definition) is 7. The van der Waals surface area contributed by atoms with Crippen molar-refractivity contribution in [3.8, 4) is 11.5 Å². The molecule has 0 spiro atoms. The zero-order chi connectivity index (χ0) is 22.3. The number of para-hydroxylation sites is 2. The van der Waals surface area contributed by atoms with Gasteiger partial charge < -0.3 is 14.2 Å². The predicted molar refractivity (Wildman–Crippen MR) is 121 cm³/mol. The summed E-state index contributed by atoms with van der Waals surface area (Å²) in [6.07, 6.45) is -0.658. The third kappa shape index (κ3) is 5.31. The van der Waals surface area contributed by atoms with Gasteiger partial charge in [0.25, 0.3) is 0 Å². The van der Waals surface area contributed by atoms with Gasteiger partial charge in [-0.3, -0.25) is 4.98 Å². The van der Waals surface area contributed by atoms with E-state index in [-0.39, 0.29) is 13.2 Å². The molecule has 164 valence electrons. The molecule has 1 N–H and O–H groups in total. The molecule has 5 rings (SSSR count). The van der Waals surface area contributed by atoms with Crippen molar-refractivity contribution < 1.29 is 14.2 Å². The average molecular weight is 439 g/mol. The van der Waals surface area contributed by atoms with E-state index < -0.39 is 6.29 Å². The summed E-state index contributed by atoms with van der Waals surface area (Å²) in [7, 11) is 0. The van der Waals surface area contributed by atoms with E-state index >= 15 is 0 Å². The molecule has 0 saturated carbocycles. The zero-order valence-electron chi connectivity index (χ0n) is 17.7. The fourth-order valence-corrected chi connectivity index (χ4v) is 3.31. The van der Waals surface area contributed by atoms with Gasteiger partial charge in [0, 0.05) is 10.9 Å². The molecule has 3 aromatic carbocycles. The Kier molecular flexibility index (Phi) is 6.17. The summed E-state index contributed by atoms with van der Waals surface area (Å²) < 4.78 is 18.2. The topological polar surface area (TPSA) is 95.0 Å². The van der Waals surface area contributed by atoms with Gasteiger partial charge in [0.1, 0.15) is 11.5 Å². The summed E-state index contributed by atoms with van der Waals surface area (Å²) in [6, 6.07) is 29.1. The maximum absolute atomic E-state index is 6.19. The molecule has 0 bridgehead atoms. The summed E-state index contributed by atoms with van der Waals surface area (Å²) in [5.41, 5.74) is 2.56. The second kappa shape index (κ2) is 9.88. The number of tetrazole rings is 1. The summed E-state index contributed by atoms with van der Waals surface area (Å²) in [6.45, 7) is 0.488. The predicted octanol–water partition coefficient (Wildman–Crippen LogP) is 4.62. The molecule has 2 heterocycles. The second-order valence-corrected chi connectivity index (χ2v) is 7.26. The van der Waals surface area contributed by atoms with Crippen LogP contribution in [0.1, 0.15) is 23.4 Å². The molecule has 0 radical (unpaired) electrons. The number of fused-ring (bicyclic) bond motifs is 1. The van der Waals surface area contributed by atoms with E-state index in [2.05, 4.69) is 20.6 Å². The molecule has 0 fully saturated rings. The van der Waals surface area contributed by atoms with Gasteiger partial charge in [0.2, 0.25) is 12.1 Å². The summed E-state index contributed by atoms with van der Waals surface area (Å²) in [5, 5.41) is 14.8. The Morgan fingerprint density at radius 1 is 0.788 bits per heavy atom. The highest BCUT2D eigenvalue weighted by Crippen LogP contribution is 2.27. The van der Waals surface area contributed by atoms with Gasteiger partial charge in [-0.15, -0.1) is 10.2 Å². The molecular formula is C25H21N5O3. The first-order valence-corrected chi connectivity index (χ1v) is 10.5. The maximum atomic E-state index is 6.19. The number of nitrogens with zero attached hydrogens (tertiary/aromatic N) is 4. The van der Waals surface area contributed by atoms with E-state index in [1.807, 2.05) is 91.0 Å². The molecule has 0 saturated heterocycles. The standard InChI is InChI=1S/C25H21N5O3/c1-2-9-21(10-3-1)33-25(32-16-20-14-13-18-7-4-5-12-23(18)26-20)19-8-6-11-22(15-19)31-17-24-27-29-30-28-24/h1-15,25H,16-17H2,(H,27,28,29,30). The number of benzene rings is 3. The monoisotopic (exact) mass is 439 g/mol. The van der Waals surface area contributed by atoms with E-state index in [0.29, 0.717) is 17.3 Å². The molecule has 8 nitrogen and oxygen atoms in total. The summed E-state index contributed by atoms with van der Waals surface area (Å²) in [5.74, 6) is 1.81. The molecule has 2 aromatic heterocycles. The van der Waals surface area contributed by atoms with Crippen LogP contribution >= 0.6 is 0 Å². The lowest BCUT2D eigenvalue weighted by Crippen LogP contribution is -2.13. The third-order valence-corrected chi connectivity index (χ3v) is 4.91. The lowest BCUT2D eigenvalue weighted by molar-refractivity contribution is -0.0938. The van der Waals surface area contributed by atoms with Gasteiger partial charge in [-0.1, -0.05) is 59.8 Å². The molecule has 0 amide bonds. The number of rotatable bonds is 9. The van der Waals surface area contributed by atoms with E-state index in [1.165, 1.54) is 0 Å². The molecule has 5 aromatic rings. The van der Waals surface area contributed by atoms with Crippen LogP contribution in [0.2, 0.25) is 0 Å². The van der Waals surface area contributed by atoms with Crippen LogP contribution in [0.5, 0.6) is 11.5 Å². The molecule has 0 aliphatic heterocycles. The molecular weight excluding hydrogens is 418 g/mol. The Bertz CT molecular complexity index is 1310. The highest BCUT2D eigenvalue weighted by atomic mass is 16.7. The summed E-state index contributed by atoms with van der Waals surface area (Å²) in [4.78, 5) is 4.70. The van der Waals surface area contributed by atoms with Crippen LogP contribution in [0.3, 0.4) is 0 Å². The Balaban J connectivity index is 1.35. The number of aromatic nitrogens is 5. The molecule has 1 atom stereocenters. The molecule has 0 aliphatic carbocycles. The minimum atomic E-state index is -0.658. The van der Waals surface area contributed by atoms with E-state index in [9.17, 15) is 0 Å². The van der Waals surface area contributed by atoms with Crippen LogP contribution in [0.4, 0.5) is 0 Å². The van der Waals surface area contributed by atoms with Gasteiger partial charge in [0.05, 0.1) is 17.8 Å². The molecule has 8 heteroatoms. The van der Waals surface area contributed by atoms with Gasteiger partial charge >= 0.3 is 0 Å². The number of pyridine rings is 1. The largest absolute Gasteiger partial charge is 0.485 e. The van der Waals surface area contributed by atoms with Crippen molar-refractivity contribution in [1.29, 1.82) is 0 Å². The first kappa shape index (κ1) is 20.6. The van der Waals surface area contributed by atoms with Crippen LogP contribution in [-0.2, 0) is 18.0 Å². The molecule has 1 unspecified atom stereocenters. The second-order valence-electron chi connectivity index (χ2n) is 7.26. The van der Waals surface area contributed by atoms with E-state index in [4.69, 9.17) is 19.2 Å². The minimum absolute atomic E-state index is 0.200. The first-order chi connectivity index (χ1) is 16.3. The van der Waals surface area contributed by atoms with E-state index in [0.717, 1.165) is 22.2 Å². The lowest BCUT2D eigenvalue weighted by atomic mass is 10.2. The maximum Gasteiger partial charge on any atom is 0.227 e. The number of nitrogens with one attached hydrogen (secondary N) is 1. The smallest absolute Gasteiger partial charge is 0.227 e. The van der Waals surface area contributed by atoms with E-state index in [1.54, 1.807) is 0 Å². The van der Waals surface area contributed by atoms with Crippen molar-refractivity contribution in [1.82, 2.24) is 25.6 Å². The number of aromatic amines is 1. The van der Waals surface area contributed by atoms with Crippen LogP contribution in [-0.4, -0.2) is 25.6 Å². The fraction of sp³-hybridized carbons (Fsp3) is 0.120. The van der Waals surface area contributed by atoms with Crippen molar-refractivity contribution >= 4 is 10.9 Å². The first-order valence-electron chi connectivity index (χ1n) is 10.5. The quantitative estimate of drug-likeness (QED) is 0.335. The SMILES string of the molecule is c1ccc(OC(OCc2ccc3ccccc3n2)c2cccc(OCc3nn[nH]n3)c2)cc1. The van der Waals surface area contributed by atoms with Crippen LogP contribution in [0.15, 0.2) is 91.0 Å². The van der Waals surface area contributed by atoms with Gasteiger partial charge in [0.15, 0.2) is 6.61 Å². The Morgan fingerprint density at radius 3 is 2.52 bits per heavy atom. The van der Waals surface area contributed by atoms with Gasteiger partial charge in [-0.25, -0.2) is 0 Å². The van der Waals surface area contributed by atoms with Crippen molar-refractivity contribution in [3.05, 3.63) is 108 Å². The molecule has 0 aliphatic rings. The highest BCUT2D eigenvalue weighted by Gasteiger charge is 2.16. The Hall–Kier alpha value is -4.30. The third-order valence-electron chi connectivity index (χ3n) is 4.91. The van der Waals surface area contributed by atoms with Crippen LogP contribution in [0.25, 0.3) is 10.9 Å². The average Bonchev–Trinajstić information content (AvgIpc) is 3.40.